The average Bonchev–Trinajstić information content (AvgIpc) is 2.36. The smallest absolute Gasteiger partial charge is 0.311 e. The lowest BCUT2D eigenvalue weighted by molar-refractivity contribution is 0.261. The molecule has 1 rings (SSSR count). The summed E-state index contributed by atoms with van der Waals surface area (Å²) in [6, 6.07) is 9.90. The first kappa shape index (κ1) is 13.4. The van der Waals surface area contributed by atoms with Gasteiger partial charge in [-0.25, -0.2) is 0 Å². The Bertz CT molecular complexity index is 348. The Labute approximate surface area is 96.5 Å². The van der Waals surface area contributed by atoms with Crippen molar-refractivity contribution in [2.75, 3.05) is 14.2 Å². The Balaban J connectivity index is 2.53. The van der Waals surface area contributed by atoms with E-state index >= 15 is 0 Å². The molecule has 5 heteroatoms. The highest BCUT2D eigenvalue weighted by atomic mass is 31.2. The molecule has 0 aliphatic carbocycles. The molecule has 0 aliphatic heterocycles. The topological polar surface area (TPSA) is 47.6 Å². The maximum Gasteiger partial charge on any atom is 0.346 e. The van der Waals surface area contributed by atoms with Crippen LogP contribution in [0.3, 0.4) is 0 Å². The summed E-state index contributed by atoms with van der Waals surface area (Å²) in [6.07, 6.45) is 0. The van der Waals surface area contributed by atoms with E-state index in [2.05, 4.69) is 5.32 Å². The van der Waals surface area contributed by atoms with Crippen LogP contribution < -0.4 is 5.32 Å². The lowest BCUT2D eigenvalue weighted by Crippen LogP contribution is -2.26. The lowest BCUT2D eigenvalue weighted by Gasteiger charge is -2.21. The van der Waals surface area contributed by atoms with E-state index in [0.717, 1.165) is 5.56 Å². The van der Waals surface area contributed by atoms with Gasteiger partial charge in [0, 0.05) is 20.8 Å². The molecule has 1 N–H and O–H groups in total. The second-order valence-corrected chi connectivity index (χ2v) is 6.03. The third-order valence-electron chi connectivity index (χ3n) is 2.43. The van der Waals surface area contributed by atoms with Gasteiger partial charge in [-0.3, -0.25) is 9.88 Å². The van der Waals surface area contributed by atoms with E-state index < -0.39 is 7.60 Å². The summed E-state index contributed by atoms with van der Waals surface area (Å²) in [6.45, 7) is 2.43. The Morgan fingerprint density at radius 3 is 2.31 bits per heavy atom. The van der Waals surface area contributed by atoms with Crippen LogP contribution in [0.25, 0.3) is 0 Å². The van der Waals surface area contributed by atoms with Crippen LogP contribution in [-0.2, 0) is 20.2 Å². The van der Waals surface area contributed by atoms with Gasteiger partial charge in [-0.15, -0.1) is 0 Å². The number of nitrogens with one attached hydrogen (secondary N) is 1. The predicted molar refractivity (Wildman–Crippen MR) is 64.4 cm³/mol. The minimum Gasteiger partial charge on any atom is -0.311 e. The zero-order valence-electron chi connectivity index (χ0n) is 9.84. The van der Waals surface area contributed by atoms with Crippen LogP contribution in [0.15, 0.2) is 30.3 Å². The van der Waals surface area contributed by atoms with Crippen molar-refractivity contribution in [3.05, 3.63) is 35.9 Å². The molecule has 90 valence electrons. The largest absolute Gasteiger partial charge is 0.346 e. The van der Waals surface area contributed by atoms with Crippen LogP contribution in [0, 0.1) is 0 Å². The quantitative estimate of drug-likeness (QED) is 0.780. The molecule has 1 aromatic rings. The molecule has 0 amide bonds. The molecule has 1 unspecified atom stereocenters. The van der Waals surface area contributed by atoms with Crippen molar-refractivity contribution in [3.8, 4) is 0 Å². The molecule has 16 heavy (non-hydrogen) atoms. The summed E-state index contributed by atoms with van der Waals surface area (Å²) in [7, 11) is -0.233. The summed E-state index contributed by atoms with van der Waals surface area (Å²) >= 11 is 0. The summed E-state index contributed by atoms with van der Waals surface area (Å²) in [5.74, 6) is -0.331. The predicted octanol–water partition coefficient (Wildman–Crippen LogP) is 2.61. The fourth-order valence-corrected chi connectivity index (χ4v) is 2.46. The zero-order chi connectivity index (χ0) is 12.0. The molecular weight excluding hydrogens is 225 g/mol. The molecule has 0 fully saturated rings. The SMILES string of the molecule is COP(=O)(OC)C(C)NCc1ccccc1. The van der Waals surface area contributed by atoms with E-state index in [1.54, 1.807) is 6.92 Å². The van der Waals surface area contributed by atoms with Gasteiger partial charge in [-0.1, -0.05) is 30.3 Å². The number of hydrogen-bond donors (Lipinski definition) is 1. The van der Waals surface area contributed by atoms with Crippen molar-refractivity contribution < 1.29 is 13.6 Å². The number of benzene rings is 1. The lowest BCUT2D eigenvalue weighted by atomic mass is 10.2. The highest BCUT2D eigenvalue weighted by Gasteiger charge is 2.29. The fourth-order valence-electron chi connectivity index (χ4n) is 1.36. The van der Waals surface area contributed by atoms with Crippen LogP contribution in [0.5, 0.6) is 0 Å². The minimum atomic E-state index is -3.02. The van der Waals surface area contributed by atoms with Crippen LogP contribution in [0.1, 0.15) is 12.5 Å². The second kappa shape index (κ2) is 6.16. The highest BCUT2D eigenvalue weighted by Crippen LogP contribution is 2.50. The molecule has 0 aromatic heterocycles. The van der Waals surface area contributed by atoms with Crippen molar-refractivity contribution in [2.24, 2.45) is 0 Å². The van der Waals surface area contributed by atoms with E-state index in [4.69, 9.17) is 9.05 Å². The standard InChI is InChI=1S/C11H18NO3P/c1-10(16(13,14-2)15-3)12-9-11-7-5-4-6-8-11/h4-8,10,12H,9H2,1-3H3. The maximum atomic E-state index is 12.0. The van der Waals surface area contributed by atoms with Crippen LogP contribution in [0.2, 0.25) is 0 Å². The van der Waals surface area contributed by atoms with Gasteiger partial charge >= 0.3 is 7.60 Å². The molecule has 0 radical (unpaired) electrons. The van der Waals surface area contributed by atoms with Gasteiger partial charge in [0.05, 0.1) is 0 Å². The van der Waals surface area contributed by atoms with Gasteiger partial charge < -0.3 is 9.05 Å². The van der Waals surface area contributed by atoms with Crippen LogP contribution in [-0.4, -0.2) is 20.0 Å². The van der Waals surface area contributed by atoms with Gasteiger partial charge in [-0.05, 0) is 12.5 Å². The van der Waals surface area contributed by atoms with Gasteiger partial charge in [0.25, 0.3) is 0 Å². The summed E-state index contributed by atoms with van der Waals surface area (Å²) in [4.78, 5) is 0. The molecule has 0 aliphatic rings. The molecule has 0 bridgehead atoms. The molecule has 0 saturated carbocycles. The van der Waals surface area contributed by atoms with Crippen molar-refractivity contribution in [1.82, 2.24) is 5.32 Å². The van der Waals surface area contributed by atoms with Gasteiger partial charge in [0.1, 0.15) is 5.78 Å². The van der Waals surface area contributed by atoms with E-state index in [-0.39, 0.29) is 5.78 Å². The maximum absolute atomic E-state index is 12.0. The molecule has 1 aromatic carbocycles. The Morgan fingerprint density at radius 1 is 1.25 bits per heavy atom. The van der Waals surface area contributed by atoms with Crippen molar-refractivity contribution in [1.29, 1.82) is 0 Å². The Morgan fingerprint density at radius 2 is 1.81 bits per heavy atom. The molecule has 0 saturated heterocycles. The van der Waals surface area contributed by atoms with Gasteiger partial charge in [-0.2, -0.15) is 0 Å². The molecular formula is C11H18NO3P. The average molecular weight is 243 g/mol. The molecule has 0 spiro atoms. The Hall–Kier alpha value is -0.670. The summed E-state index contributed by atoms with van der Waals surface area (Å²) < 4.78 is 21.8. The van der Waals surface area contributed by atoms with E-state index in [1.165, 1.54) is 14.2 Å². The zero-order valence-corrected chi connectivity index (χ0v) is 10.7. The number of hydrogen-bond acceptors (Lipinski definition) is 4. The second-order valence-electron chi connectivity index (χ2n) is 3.45. The molecule has 0 heterocycles. The van der Waals surface area contributed by atoms with Crippen molar-refractivity contribution in [3.63, 3.8) is 0 Å². The van der Waals surface area contributed by atoms with Gasteiger partial charge in [0.15, 0.2) is 0 Å². The van der Waals surface area contributed by atoms with E-state index in [0.29, 0.717) is 6.54 Å². The summed E-state index contributed by atoms with van der Waals surface area (Å²) in [5, 5.41) is 3.13. The van der Waals surface area contributed by atoms with Crippen molar-refractivity contribution >= 4 is 7.60 Å². The minimum absolute atomic E-state index is 0.331. The van der Waals surface area contributed by atoms with Gasteiger partial charge in [0.2, 0.25) is 0 Å². The van der Waals surface area contributed by atoms with Crippen LogP contribution in [0.4, 0.5) is 0 Å². The third kappa shape index (κ3) is 3.42. The first-order valence-corrected chi connectivity index (χ1v) is 6.72. The summed E-state index contributed by atoms with van der Waals surface area (Å²) in [5.41, 5.74) is 1.13. The van der Waals surface area contributed by atoms with Crippen LogP contribution >= 0.6 is 7.60 Å². The fraction of sp³-hybridized carbons (Fsp3) is 0.455. The Kier molecular flexibility index (Phi) is 5.16. The van der Waals surface area contributed by atoms with E-state index in [1.807, 2.05) is 30.3 Å². The highest BCUT2D eigenvalue weighted by molar-refractivity contribution is 7.54. The third-order valence-corrected chi connectivity index (χ3v) is 4.58. The normalized spacial score (nSPS) is 13.7. The van der Waals surface area contributed by atoms with Crippen molar-refractivity contribution in [2.45, 2.75) is 19.3 Å². The van der Waals surface area contributed by atoms with E-state index in [9.17, 15) is 4.57 Å². The first-order valence-electron chi connectivity index (χ1n) is 5.11. The molecule has 1 atom stereocenters. The first-order chi connectivity index (χ1) is 7.62. The monoisotopic (exact) mass is 243 g/mol. The number of rotatable bonds is 6. The molecule has 4 nitrogen and oxygen atoms in total.